The molecule has 4 nitrogen and oxygen atoms in total. The highest BCUT2D eigenvalue weighted by Gasteiger charge is 2.33. The first-order chi connectivity index (χ1) is 8.24. The van der Waals surface area contributed by atoms with Gasteiger partial charge in [-0.15, -0.1) is 0 Å². The third-order valence-corrected chi connectivity index (χ3v) is 4.04. The van der Waals surface area contributed by atoms with Gasteiger partial charge in [0.05, 0.1) is 5.54 Å². The van der Waals surface area contributed by atoms with Crippen molar-refractivity contribution in [3.63, 3.8) is 0 Å². The van der Waals surface area contributed by atoms with Gasteiger partial charge in [-0.05, 0) is 19.1 Å². The van der Waals surface area contributed by atoms with E-state index < -0.39 is 0 Å². The highest BCUT2D eigenvalue weighted by Crippen LogP contribution is 2.31. The molecule has 0 amide bonds. The molecule has 1 aliphatic carbocycles. The Hall–Kier alpha value is -0.550. The number of aromatic nitrogens is 2. The van der Waals surface area contributed by atoms with E-state index in [0.29, 0.717) is 0 Å². The van der Waals surface area contributed by atoms with Crippen LogP contribution in [-0.2, 0) is 12.0 Å². The van der Waals surface area contributed by atoms with Crippen molar-refractivity contribution in [2.75, 3.05) is 12.0 Å². The van der Waals surface area contributed by atoms with Crippen LogP contribution >= 0.6 is 11.8 Å². The van der Waals surface area contributed by atoms with Gasteiger partial charge in [0.2, 0.25) is 5.89 Å². The van der Waals surface area contributed by atoms with Gasteiger partial charge in [0.15, 0.2) is 5.82 Å². The molecule has 2 rings (SSSR count). The van der Waals surface area contributed by atoms with Crippen LogP contribution in [0.4, 0.5) is 0 Å². The molecule has 1 aromatic heterocycles. The summed E-state index contributed by atoms with van der Waals surface area (Å²) in [6.07, 6.45) is 9.77. The van der Waals surface area contributed by atoms with Gasteiger partial charge in [0.1, 0.15) is 0 Å². The Morgan fingerprint density at radius 3 is 2.65 bits per heavy atom. The van der Waals surface area contributed by atoms with Crippen LogP contribution in [0.25, 0.3) is 0 Å². The fourth-order valence-corrected chi connectivity index (χ4v) is 2.71. The van der Waals surface area contributed by atoms with Gasteiger partial charge >= 0.3 is 0 Å². The van der Waals surface area contributed by atoms with E-state index in [2.05, 4.69) is 16.4 Å². The molecule has 0 radical (unpaired) electrons. The first kappa shape index (κ1) is 12.9. The van der Waals surface area contributed by atoms with Crippen LogP contribution in [0.3, 0.4) is 0 Å². The van der Waals surface area contributed by atoms with Gasteiger partial charge in [0.25, 0.3) is 0 Å². The van der Waals surface area contributed by atoms with E-state index >= 15 is 0 Å². The lowest BCUT2D eigenvalue weighted by Gasteiger charge is -2.23. The van der Waals surface area contributed by atoms with Crippen LogP contribution in [0.2, 0.25) is 0 Å². The summed E-state index contributed by atoms with van der Waals surface area (Å²) in [5.41, 5.74) is 6.08. The largest absolute Gasteiger partial charge is 0.339 e. The maximum atomic E-state index is 6.43. The second kappa shape index (κ2) is 5.87. The molecule has 17 heavy (non-hydrogen) atoms. The minimum atomic E-state index is -0.350. The van der Waals surface area contributed by atoms with Crippen molar-refractivity contribution in [2.24, 2.45) is 5.73 Å². The molecule has 0 aromatic carbocycles. The maximum absolute atomic E-state index is 6.43. The minimum Gasteiger partial charge on any atom is -0.339 e. The lowest BCUT2D eigenvalue weighted by atomic mass is 9.91. The Labute approximate surface area is 107 Å². The number of aryl methyl sites for hydroxylation is 1. The number of hydrogen-bond donors (Lipinski definition) is 1. The number of thioether (sulfide) groups is 1. The van der Waals surface area contributed by atoms with E-state index in [0.717, 1.165) is 36.7 Å². The molecular weight excluding hydrogens is 234 g/mol. The van der Waals surface area contributed by atoms with E-state index in [9.17, 15) is 0 Å². The molecule has 1 aliphatic rings. The fourth-order valence-electron chi connectivity index (χ4n) is 2.33. The molecule has 0 aliphatic heterocycles. The van der Waals surface area contributed by atoms with Crippen molar-refractivity contribution in [2.45, 2.75) is 50.5 Å². The molecule has 0 unspecified atom stereocenters. The average Bonchev–Trinajstić information content (AvgIpc) is 2.70. The SMILES string of the molecule is CSCCc1nc(C2(N)CCCCCC2)no1. The van der Waals surface area contributed by atoms with Crippen molar-refractivity contribution < 1.29 is 4.52 Å². The molecule has 0 atom stereocenters. The predicted octanol–water partition coefficient (Wildman–Crippen LogP) is 2.48. The van der Waals surface area contributed by atoms with Gasteiger partial charge < -0.3 is 10.3 Å². The van der Waals surface area contributed by atoms with Crippen LogP contribution in [-0.4, -0.2) is 22.1 Å². The fraction of sp³-hybridized carbons (Fsp3) is 0.833. The molecule has 1 aromatic rings. The van der Waals surface area contributed by atoms with Crippen molar-refractivity contribution >= 4 is 11.8 Å². The molecule has 1 saturated carbocycles. The summed E-state index contributed by atoms with van der Waals surface area (Å²) in [6.45, 7) is 0. The highest BCUT2D eigenvalue weighted by atomic mass is 32.2. The Morgan fingerprint density at radius 2 is 2.00 bits per heavy atom. The molecular formula is C12H21N3OS. The van der Waals surface area contributed by atoms with Crippen LogP contribution in [0.15, 0.2) is 4.52 Å². The zero-order chi connectivity index (χ0) is 12.1. The lowest BCUT2D eigenvalue weighted by molar-refractivity contribution is 0.325. The first-order valence-corrected chi connectivity index (χ1v) is 7.75. The van der Waals surface area contributed by atoms with Crippen LogP contribution in [0.5, 0.6) is 0 Å². The van der Waals surface area contributed by atoms with E-state index in [4.69, 9.17) is 10.3 Å². The summed E-state index contributed by atoms with van der Waals surface area (Å²) >= 11 is 1.78. The summed E-state index contributed by atoms with van der Waals surface area (Å²) in [7, 11) is 0. The van der Waals surface area contributed by atoms with Crippen molar-refractivity contribution in [1.82, 2.24) is 10.1 Å². The van der Waals surface area contributed by atoms with Crippen LogP contribution in [0, 0.1) is 0 Å². The zero-order valence-electron chi connectivity index (χ0n) is 10.4. The van der Waals surface area contributed by atoms with Crippen LogP contribution < -0.4 is 5.73 Å². The van der Waals surface area contributed by atoms with Crippen molar-refractivity contribution in [1.29, 1.82) is 0 Å². The molecule has 2 N–H and O–H groups in total. The quantitative estimate of drug-likeness (QED) is 0.837. The standard InChI is InChI=1S/C12H21N3OS/c1-17-9-6-10-14-11(15-16-10)12(13)7-4-2-3-5-8-12/h2-9,13H2,1H3. The van der Waals surface area contributed by atoms with Crippen molar-refractivity contribution in [3.05, 3.63) is 11.7 Å². The van der Waals surface area contributed by atoms with Gasteiger partial charge in [-0.3, -0.25) is 0 Å². The highest BCUT2D eigenvalue weighted by molar-refractivity contribution is 7.98. The van der Waals surface area contributed by atoms with Gasteiger partial charge in [-0.25, -0.2) is 0 Å². The topological polar surface area (TPSA) is 64.9 Å². The number of hydrogen-bond acceptors (Lipinski definition) is 5. The van der Waals surface area contributed by atoms with E-state index in [1.807, 2.05) is 0 Å². The molecule has 96 valence electrons. The Morgan fingerprint density at radius 1 is 1.29 bits per heavy atom. The van der Waals surface area contributed by atoms with Gasteiger partial charge in [-0.2, -0.15) is 16.7 Å². The predicted molar refractivity (Wildman–Crippen MR) is 70.0 cm³/mol. The summed E-state index contributed by atoms with van der Waals surface area (Å²) in [5.74, 6) is 2.46. The maximum Gasteiger partial charge on any atom is 0.227 e. The van der Waals surface area contributed by atoms with Crippen molar-refractivity contribution in [3.8, 4) is 0 Å². The minimum absolute atomic E-state index is 0.350. The molecule has 0 bridgehead atoms. The number of nitrogens with zero attached hydrogens (tertiary/aromatic N) is 2. The molecule has 5 heteroatoms. The molecule has 1 fully saturated rings. The Bertz CT molecular complexity index is 345. The number of nitrogens with two attached hydrogens (primary N) is 1. The number of rotatable bonds is 4. The summed E-state index contributed by atoms with van der Waals surface area (Å²) in [6, 6.07) is 0. The second-order valence-electron chi connectivity index (χ2n) is 4.82. The van der Waals surface area contributed by atoms with Crippen LogP contribution in [0.1, 0.15) is 50.2 Å². The monoisotopic (exact) mass is 255 g/mol. The summed E-state index contributed by atoms with van der Waals surface area (Å²) in [5, 5.41) is 4.09. The third kappa shape index (κ3) is 3.22. The first-order valence-electron chi connectivity index (χ1n) is 6.35. The molecule has 1 heterocycles. The zero-order valence-corrected chi connectivity index (χ0v) is 11.3. The molecule has 0 saturated heterocycles. The smallest absolute Gasteiger partial charge is 0.227 e. The van der Waals surface area contributed by atoms with E-state index in [1.165, 1.54) is 25.7 Å². The summed E-state index contributed by atoms with van der Waals surface area (Å²) < 4.78 is 5.27. The molecule has 0 spiro atoms. The van der Waals surface area contributed by atoms with E-state index in [-0.39, 0.29) is 5.54 Å². The Balaban J connectivity index is 2.06. The van der Waals surface area contributed by atoms with Gasteiger partial charge in [0, 0.05) is 12.2 Å². The third-order valence-electron chi connectivity index (χ3n) is 3.43. The average molecular weight is 255 g/mol. The normalized spacial score (nSPS) is 20.1. The summed E-state index contributed by atoms with van der Waals surface area (Å²) in [4.78, 5) is 4.47. The van der Waals surface area contributed by atoms with E-state index in [1.54, 1.807) is 11.8 Å². The Kier molecular flexibility index (Phi) is 4.45. The lowest BCUT2D eigenvalue weighted by Crippen LogP contribution is -2.37. The van der Waals surface area contributed by atoms with Gasteiger partial charge in [-0.1, -0.05) is 30.8 Å². The second-order valence-corrected chi connectivity index (χ2v) is 5.81.